The van der Waals surface area contributed by atoms with E-state index in [9.17, 15) is 4.79 Å². The molecule has 0 N–H and O–H groups in total. The zero-order valence-electron chi connectivity index (χ0n) is 15.6. The van der Waals surface area contributed by atoms with E-state index in [4.69, 9.17) is 4.74 Å². The number of benzene rings is 1. The maximum absolute atomic E-state index is 12.7. The van der Waals surface area contributed by atoms with Gasteiger partial charge in [0, 0.05) is 26.3 Å². The van der Waals surface area contributed by atoms with Crippen LogP contribution in [0.2, 0.25) is 0 Å². The molecule has 3 rings (SSSR count). The van der Waals surface area contributed by atoms with Gasteiger partial charge in [0.2, 0.25) is 0 Å². The topological polar surface area (TPSA) is 45.7 Å². The average molecular weight is 353 g/mol. The van der Waals surface area contributed by atoms with Crippen LogP contribution in [0.1, 0.15) is 43.4 Å². The number of piperidine rings is 1. The molecule has 1 aromatic carbocycles. The van der Waals surface area contributed by atoms with E-state index < -0.39 is 0 Å². The lowest BCUT2D eigenvalue weighted by atomic mass is 9.97. The molecule has 26 heavy (non-hydrogen) atoms. The fourth-order valence-corrected chi connectivity index (χ4v) is 3.28. The number of nitrogens with zero attached hydrogens (tertiary/aromatic N) is 3. The second kappa shape index (κ2) is 8.70. The normalized spacial score (nSPS) is 17.0. The largest absolute Gasteiger partial charge is 0.445 e. The van der Waals surface area contributed by atoms with Crippen molar-refractivity contribution in [1.82, 2.24) is 9.88 Å². The summed E-state index contributed by atoms with van der Waals surface area (Å²) in [6.45, 7) is 4.05. The Kier molecular flexibility index (Phi) is 6.10. The van der Waals surface area contributed by atoms with Gasteiger partial charge in [-0.1, -0.05) is 36.4 Å². The van der Waals surface area contributed by atoms with Gasteiger partial charge in [0.15, 0.2) is 0 Å². The number of pyridine rings is 1. The maximum atomic E-state index is 12.7. The first-order chi connectivity index (χ1) is 12.7. The van der Waals surface area contributed by atoms with Crippen LogP contribution >= 0.6 is 0 Å². The van der Waals surface area contributed by atoms with Crippen molar-refractivity contribution < 1.29 is 9.53 Å². The summed E-state index contributed by atoms with van der Waals surface area (Å²) in [5.41, 5.74) is 2.08. The summed E-state index contributed by atoms with van der Waals surface area (Å²) in [6, 6.07) is 13.9. The van der Waals surface area contributed by atoms with Gasteiger partial charge in [0.25, 0.3) is 0 Å². The van der Waals surface area contributed by atoms with Gasteiger partial charge < -0.3 is 14.5 Å². The molecule has 0 aliphatic carbocycles. The van der Waals surface area contributed by atoms with Gasteiger partial charge in [-0.05, 0) is 43.4 Å². The number of rotatable bonds is 5. The van der Waals surface area contributed by atoms with E-state index in [0.29, 0.717) is 6.61 Å². The van der Waals surface area contributed by atoms with Gasteiger partial charge in [-0.2, -0.15) is 0 Å². The van der Waals surface area contributed by atoms with E-state index >= 15 is 0 Å². The summed E-state index contributed by atoms with van der Waals surface area (Å²) in [5.74, 6) is 0.949. The number of anilines is 1. The molecule has 1 aliphatic heterocycles. The predicted octanol–water partition coefficient (Wildman–Crippen LogP) is 4.40. The monoisotopic (exact) mass is 353 g/mol. The van der Waals surface area contributed by atoms with Crippen molar-refractivity contribution in [1.29, 1.82) is 0 Å². The van der Waals surface area contributed by atoms with Crippen LogP contribution in [-0.2, 0) is 11.3 Å². The fourth-order valence-electron chi connectivity index (χ4n) is 3.28. The molecular formula is C21H27N3O2. The van der Waals surface area contributed by atoms with Crippen molar-refractivity contribution in [3.63, 3.8) is 0 Å². The number of amides is 1. The van der Waals surface area contributed by atoms with Gasteiger partial charge in [0.05, 0.1) is 6.04 Å². The van der Waals surface area contributed by atoms with Crippen molar-refractivity contribution >= 4 is 11.9 Å². The number of aromatic nitrogens is 1. The Balaban J connectivity index is 1.68. The van der Waals surface area contributed by atoms with Crippen molar-refractivity contribution in [2.45, 2.75) is 38.8 Å². The molecule has 0 saturated carbocycles. The molecule has 2 aromatic rings. The smallest absolute Gasteiger partial charge is 0.410 e. The highest BCUT2D eigenvalue weighted by Crippen LogP contribution is 2.31. The second-order valence-electron chi connectivity index (χ2n) is 6.71. The molecule has 1 aliphatic rings. The van der Waals surface area contributed by atoms with Gasteiger partial charge >= 0.3 is 6.09 Å². The lowest BCUT2D eigenvalue weighted by Gasteiger charge is -2.35. The van der Waals surface area contributed by atoms with E-state index in [1.54, 1.807) is 0 Å². The van der Waals surface area contributed by atoms with E-state index in [1.807, 2.05) is 54.5 Å². The van der Waals surface area contributed by atoms with Gasteiger partial charge in [-0.3, -0.25) is 0 Å². The summed E-state index contributed by atoms with van der Waals surface area (Å²) >= 11 is 0. The number of hydrogen-bond donors (Lipinski definition) is 0. The molecule has 5 heteroatoms. The third kappa shape index (κ3) is 4.34. The molecule has 1 atom stereocenters. The summed E-state index contributed by atoms with van der Waals surface area (Å²) in [4.78, 5) is 21.2. The summed E-state index contributed by atoms with van der Waals surface area (Å²) in [5, 5.41) is 0. The van der Waals surface area contributed by atoms with Crippen LogP contribution < -0.4 is 4.90 Å². The number of likely N-dealkylation sites (tertiary alicyclic amines) is 1. The molecular weight excluding hydrogens is 326 g/mol. The molecule has 1 saturated heterocycles. The van der Waals surface area contributed by atoms with E-state index in [-0.39, 0.29) is 12.1 Å². The minimum absolute atomic E-state index is 0.0421. The van der Waals surface area contributed by atoms with Crippen molar-refractivity contribution in [3.05, 3.63) is 59.8 Å². The van der Waals surface area contributed by atoms with E-state index in [0.717, 1.165) is 49.3 Å². The first-order valence-corrected chi connectivity index (χ1v) is 9.33. The molecule has 0 bridgehead atoms. The Morgan fingerprint density at radius 1 is 1.23 bits per heavy atom. The Morgan fingerprint density at radius 3 is 2.73 bits per heavy atom. The van der Waals surface area contributed by atoms with Crippen LogP contribution in [0.15, 0.2) is 48.7 Å². The van der Waals surface area contributed by atoms with Gasteiger partial charge in [-0.15, -0.1) is 0 Å². The highest BCUT2D eigenvalue weighted by atomic mass is 16.6. The highest BCUT2D eigenvalue weighted by Gasteiger charge is 2.29. The predicted molar refractivity (Wildman–Crippen MR) is 103 cm³/mol. The minimum Gasteiger partial charge on any atom is -0.445 e. The molecule has 0 radical (unpaired) electrons. The summed E-state index contributed by atoms with van der Waals surface area (Å²) in [7, 11) is 2.02. The molecule has 0 unspecified atom stereocenters. The van der Waals surface area contributed by atoms with Crippen molar-refractivity contribution in [2.24, 2.45) is 0 Å². The second-order valence-corrected chi connectivity index (χ2v) is 6.71. The number of carbonyl (C=O) groups is 1. The third-order valence-corrected chi connectivity index (χ3v) is 4.96. The minimum atomic E-state index is -0.242. The Morgan fingerprint density at radius 2 is 2.04 bits per heavy atom. The molecule has 1 amide bonds. The number of ether oxygens (including phenoxy) is 1. The molecule has 0 spiro atoms. The Bertz CT molecular complexity index is 703. The SMILES string of the molecule is CCN(C)c1ccc([C@@H]2CCCCN2C(=O)OCc2ccccc2)cn1. The Hall–Kier alpha value is -2.56. The van der Waals surface area contributed by atoms with Crippen LogP contribution in [0.3, 0.4) is 0 Å². The van der Waals surface area contributed by atoms with Crippen molar-refractivity contribution in [2.75, 3.05) is 25.0 Å². The standard InChI is InChI=1S/C21H27N3O2/c1-3-23(2)20-13-12-18(15-22-20)19-11-7-8-14-24(19)21(25)26-16-17-9-5-4-6-10-17/h4-6,9-10,12-13,15,19H,3,7-8,11,14,16H2,1-2H3/t19-/m0/s1. The summed E-state index contributed by atoms with van der Waals surface area (Å²) in [6.07, 6.45) is 4.73. The highest BCUT2D eigenvalue weighted by molar-refractivity contribution is 5.68. The molecule has 1 fully saturated rings. The molecule has 5 nitrogen and oxygen atoms in total. The molecule has 2 heterocycles. The fraction of sp³-hybridized carbons (Fsp3) is 0.429. The Labute approximate surface area is 155 Å². The first-order valence-electron chi connectivity index (χ1n) is 9.33. The average Bonchev–Trinajstić information content (AvgIpc) is 2.72. The quantitative estimate of drug-likeness (QED) is 0.799. The van der Waals surface area contributed by atoms with E-state index in [2.05, 4.69) is 22.9 Å². The maximum Gasteiger partial charge on any atom is 0.410 e. The zero-order chi connectivity index (χ0) is 18.4. The van der Waals surface area contributed by atoms with Crippen LogP contribution in [0.25, 0.3) is 0 Å². The third-order valence-electron chi connectivity index (χ3n) is 4.96. The lowest BCUT2D eigenvalue weighted by molar-refractivity contribution is 0.0678. The van der Waals surface area contributed by atoms with Gasteiger partial charge in [-0.25, -0.2) is 9.78 Å². The van der Waals surface area contributed by atoms with Crippen LogP contribution in [0.4, 0.5) is 10.6 Å². The number of carbonyl (C=O) groups excluding carboxylic acids is 1. The molecule has 138 valence electrons. The first kappa shape index (κ1) is 18.2. The van der Waals surface area contributed by atoms with Crippen molar-refractivity contribution in [3.8, 4) is 0 Å². The van der Waals surface area contributed by atoms with Crippen LogP contribution in [-0.4, -0.2) is 36.1 Å². The van der Waals surface area contributed by atoms with Crippen LogP contribution in [0, 0.1) is 0 Å². The van der Waals surface area contributed by atoms with Gasteiger partial charge in [0.1, 0.15) is 12.4 Å². The van der Waals surface area contributed by atoms with E-state index in [1.165, 1.54) is 0 Å². The summed E-state index contributed by atoms with van der Waals surface area (Å²) < 4.78 is 5.56. The zero-order valence-corrected chi connectivity index (χ0v) is 15.6. The van der Waals surface area contributed by atoms with Crippen LogP contribution in [0.5, 0.6) is 0 Å². The molecule has 1 aromatic heterocycles. The number of hydrogen-bond acceptors (Lipinski definition) is 4. The lowest BCUT2D eigenvalue weighted by Crippen LogP contribution is -2.38.